The third-order valence-electron chi connectivity index (χ3n) is 4.66. The van der Waals surface area contributed by atoms with Crippen molar-refractivity contribution in [1.29, 1.82) is 0 Å². The summed E-state index contributed by atoms with van der Waals surface area (Å²) in [7, 11) is 1.61. The van der Waals surface area contributed by atoms with Crippen LogP contribution in [0.3, 0.4) is 0 Å². The third-order valence-corrected chi connectivity index (χ3v) is 4.66. The smallest absolute Gasteiger partial charge is 0.183 e. The topological polar surface area (TPSA) is 77.4 Å². The molecular weight excluding hydrogens is 348 g/mol. The number of aliphatic hydroxyl groups is 2. The van der Waals surface area contributed by atoms with Gasteiger partial charge in [-0.15, -0.1) is 0 Å². The van der Waals surface area contributed by atoms with E-state index in [1.807, 2.05) is 54.6 Å². The second-order valence-corrected chi connectivity index (χ2v) is 6.61. The van der Waals surface area contributed by atoms with Crippen LogP contribution in [0.15, 0.2) is 54.6 Å². The van der Waals surface area contributed by atoms with Gasteiger partial charge in [-0.05, 0) is 30.2 Å². The first kappa shape index (κ1) is 19.8. The van der Waals surface area contributed by atoms with Gasteiger partial charge in [0.05, 0.1) is 26.4 Å². The van der Waals surface area contributed by atoms with Gasteiger partial charge in [0.1, 0.15) is 24.1 Å². The van der Waals surface area contributed by atoms with Crippen molar-refractivity contribution in [2.75, 3.05) is 7.11 Å². The Morgan fingerprint density at radius 3 is 2.07 bits per heavy atom. The summed E-state index contributed by atoms with van der Waals surface area (Å²) < 4.78 is 22.5. The Kier molecular flexibility index (Phi) is 6.82. The molecule has 0 bridgehead atoms. The van der Waals surface area contributed by atoms with E-state index < -0.39 is 30.7 Å². The summed E-state index contributed by atoms with van der Waals surface area (Å²) in [6.45, 7) is 2.44. The highest BCUT2D eigenvalue weighted by atomic mass is 16.7. The van der Waals surface area contributed by atoms with Crippen molar-refractivity contribution < 1.29 is 29.2 Å². The fourth-order valence-electron chi connectivity index (χ4n) is 3.11. The fourth-order valence-corrected chi connectivity index (χ4v) is 3.11. The molecule has 6 nitrogen and oxygen atoms in total. The molecule has 6 heteroatoms. The molecule has 0 aliphatic carbocycles. The highest BCUT2D eigenvalue weighted by Crippen LogP contribution is 2.26. The van der Waals surface area contributed by atoms with Crippen molar-refractivity contribution in [2.24, 2.45) is 0 Å². The second kappa shape index (κ2) is 9.30. The molecule has 146 valence electrons. The van der Waals surface area contributed by atoms with E-state index in [2.05, 4.69) is 0 Å². The predicted molar refractivity (Wildman–Crippen MR) is 99.2 cm³/mol. The Hall–Kier alpha value is -1.96. The summed E-state index contributed by atoms with van der Waals surface area (Å²) in [6.07, 6.45) is -4.15. The molecule has 0 radical (unpaired) electrons. The Balaban J connectivity index is 1.66. The van der Waals surface area contributed by atoms with Gasteiger partial charge in [-0.3, -0.25) is 0 Å². The minimum atomic E-state index is -1.31. The predicted octanol–water partition coefficient (Wildman–Crippen LogP) is 2.26. The summed E-state index contributed by atoms with van der Waals surface area (Å²) >= 11 is 0. The molecule has 5 atom stereocenters. The molecule has 2 aromatic carbocycles. The lowest BCUT2D eigenvalue weighted by molar-refractivity contribution is -0.297. The first-order valence-corrected chi connectivity index (χ1v) is 9.00. The van der Waals surface area contributed by atoms with E-state index in [1.165, 1.54) is 0 Å². The van der Waals surface area contributed by atoms with E-state index in [0.717, 1.165) is 16.9 Å². The molecule has 1 heterocycles. The van der Waals surface area contributed by atoms with Crippen LogP contribution in [0.1, 0.15) is 18.1 Å². The molecule has 2 N–H and O–H groups in total. The maximum absolute atomic E-state index is 10.4. The lowest BCUT2D eigenvalue weighted by Gasteiger charge is -2.41. The molecule has 1 aliphatic heterocycles. The van der Waals surface area contributed by atoms with Gasteiger partial charge in [0.2, 0.25) is 0 Å². The Morgan fingerprint density at radius 1 is 0.852 bits per heavy atom. The Bertz CT molecular complexity index is 690. The molecule has 2 aromatic rings. The zero-order valence-electron chi connectivity index (χ0n) is 15.5. The maximum Gasteiger partial charge on any atom is 0.183 e. The quantitative estimate of drug-likeness (QED) is 0.774. The van der Waals surface area contributed by atoms with Crippen LogP contribution in [-0.2, 0) is 27.4 Å². The van der Waals surface area contributed by atoms with Gasteiger partial charge in [-0.25, -0.2) is 0 Å². The van der Waals surface area contributed by atoms with Crippen LogP contribution in [-0.4, -0.2) is 48.0 Å². The maximum atomic E-state index is 10.4. The number of methoxy groups -OCH3 is 1. The van der Waals surface area contributed by atoms with Gasteiger partial charge >= 0.3 is 0 Å². The molecule has 3 rings (SSSR count). The number of hydrogen-bond acceptors (Lipinski definition) is 6. The summed E-state index contributed by atoms with van der Waals surface area (Å²) in [5, 5.41) is 20.3. The van der Waals surface area contributed by atoms with Crippen molar-refractivity contribution in [1.82, 2.24) is 0 Å². The molecule has 1 saturated heterocycles. The SMILES string of the molecule is COc1ccc(CO[C@H]2[C@@H](O)[C@H](O)O[C@@H](C)[C@@H]2OCc2ccccc2)cc1. The van der Waals surface area contributed by atoms with Crippen LogP contribution in [0.2, 0.25) is 0 Å². The van der Waals surface area contributed by atoms with E-state index in [0.29, 0.717) is 6.61 Å². The van der Waals surface area contributed by atoms with Gasteiger partial charge in [0.15, 0.2) is 6.29 Å². The number of ether oxygens (including phenoxy) is 4. The van der Waals surface area contributed by atoms with Crippen molar-refractivity contribution in [3.8, 4) is 5.75 Å². The van der Waals surface area contributed by atoms with E-state index >= 15 is 0 Å². The van der Waals surface area contributed by atoms with Crippen LogP contribution in [0, 0.1) is 0 Å². The average Bonchev–Trinajstić information content (AvgIpc) is 2.70. The molecule has 1 aliphatic rings. The lowest BCUT2D eigenvalue weighted by atomic mass is 9.99. The van der Waals surface area contributed by atoms with Crippen molar-refractivity contribution in [3.63, 3.8) is 0 Å². The molecule has 27 heavy (non-hydrogen) atoms. The summed E-state index contributed by atoms with van der Waals surface area (Å²) in [6, 6.07) is 17.2. The van der Waals surface area contributed by atoms with Crippen molar-refractivity contribution in [3.05, 3.63) is 65.7 Å². The van der Waals surface area contributed by atoms with Crippen LogP contribution >= 0.6 is 0 Å². The summed E-state index contributed by atoms with van der Waals surface area (Å²) in [5.74, 6) is 0.762. The number of hydrogen-bond donors (Lipinski definition) is 2. The number of aliphatic hydroxyl groups excluding tert-OH is 2. The van der Waals surface area contributed by atoms with E-state index in [1.54, 1.807) is 14.0 Å². The molecule has 0 saturated carbocycles. The van der Waals surface area contributed by atoms with Gasteiger partial charge in [-0.1, -0.05) is 42.5 Å². The van der Waals surface area contributed by atoms with E-state index in [4.69, 9.17) is 18.9 Å². The molecule has 0 unspecified atom stereocenters. The van der Waals surface area contributed by atoms with Gasteiger partial charge in [0.25, 0.3) is 0 Å². The first-order valence-electron chi connectivity index (χ1n) is 9.00. The first-order chi connectivity index (χ1) is 13.1. The molecule has 0 spiro atoms. The highest BCUT2D eigenvalue weighted by molar-refractivity contribution is 5.26. The van der Waals surface area contributed by atoms with Gasteiger partial charge in [0, 0.05) is 0 Å². The normalized spacial score (nSPS) is 28.1. The van der Waals surface area contributed by atoms with Crippen molar-refractivity contribution >= 4 is 0 Å². The lowest BCUT2D eigenvalue weighted by Crippen LogP contribution is -2.58. The average molecular weight is 374 g/mol. The second-order valence-electron chi connectivity index (χ2n) is 6.61. The molecule has 1 fully saturated rings. The van der Waals surface area contributed by atoms with Gasteiger partial charge < -0.3 is 29.2 Å². The zero-order valence-corrected chi connectivity index (χ0v) is 15.5. The van der Waals surface area contributed by atoms with Crippen LogP contribution in [0.25, 0.3) is 0 Å². The summed E-state index contributed by atoms with van der Waals surface area (Å²) in [4.78, 5) is 0. The highest BCUT2D eigenvalue weighted by Gasteiger charge is 2.44. The minimum absolute atomic E-state index is 0.274. The minimum Gasteiger partial charge on any atom is -0.497 e. The van der Waals surface area contributed by atoms with Crippen LogP contribution in [0.4, 0.5) is 0 Å². The third kappa shape index (κ3) is 5.06. The van der Waals surface area contributed by atoms with Crippen LogP contribution in [0.5, 0.6) is 5.75 Å². The summed E-state index contributed by atoms with van der Waals surface area (Å²) in [5.41, 5.74) is 1.94. The van der Waals surface area contributed by atoms with E-state index in [9.17, 15) is 10.2 Å². The largest absolute Gasteiger partial charge is 0.497 e. The monoisotopic (exact) mass is 374 g/mol. The van der Waals surface area contributed by atoms with E-state index in [-0.39, 0.29) is 6.61 Å². The number of benzene rings is 2. The van der Waals surface area contributed by atoms with Crippen LogP contribution < -0.4 is 4.74 Å². The van der Waals surface area contributed by atoms with Crippen molar-refractivity contribution in [2.45, 2.75) is 50.8 Å². The Labute approximate surface area is 159 Å². The molecule has 0 amide bonds. The zero-order chi connectivity index (χ0) is 19.2. The number of rotatable bonds is 7. The Morgan fingerprint density at radius 2 is 1.44 bits per heavy atom. The molecule has 0 aromatic heterocycles. The van der Waals surface area contributed by atoms with Gasteiger partial charge in [-0.2, -0.15) is 0 Å². The molecular formula is C21H26O6. The standard InChI is InChI=1S/C21H26O6/c1-14-19(25-12-15-6-4-3-5-7-15)20(18(22)21(23)27-14)26-13-16-8-10-17(24-2)11-9-16/h3-11,14,18-23H,12-13H2,1-2H3/t14-,18+,19-,20-,21+/m0/s1. The fraction of sp³-hybridized carbons (Fsp3) is 0.429.